The number of rotatable bonds is 3. The standard InChI is InChI=1S/C20H18F2N6O3/c21-12-6-14(22)19-24-9-17(27(19)10-12)18-13-8-23-15(7-16(13)28(11-29)25-18)20(30)26-2-1-4-31-5-3-26/h6-10,29H,1-5,11H2. The molecule has 1 saturated heterocycles. The summed E-state index contributed by atoms with van der Waals surface area (Å²) in [5.74, 6) is -1.80. The van der Waals surface area contributed by atoms with Crippen LogP contribution < -0.4 is 0 Å². The fourth-order valence-electron chi connectivity index (χ4n) is 3.78. The van der Waals surface area contributed by atoms with E-state index in [9.17, 15) is 18.7 Å². The molecule has 4 aromatic rings. The van der Waals surface area contributed by atoms with Crippen LogP contribution in [0.25, 0.3) is 27.9 Å². The summed E-state index contributed by atoms with van der Waals surface area (Å²) >= 11 is 0. The Kier molecular flexibility index (Phi) is 4.83. The SMILES string of the molecule is O=C(c1cc2c(cn1)c(-c1cnc3c(F)cc(F)cn13)nn2CO)N1CCCOCC1. The highest BCUT2D eigenvalue weighted by Crippen LogP contribution is 2.29. The topological polar surface area (TPSA) is 97.8 Å². The number of carbonyl (C=O) groups excluding carboxylic acids is 1. The maximum Gasteiger partial charge on any atom is 0.272 e. The van der Waals surface area contributed by atoms with E-state index in [1.807, 2.05) is 0 Å². The van der Waals surface area contributed by atoms with Crippen molar-refractivity contribution >= 4 is 22.5 Å². The number of nitrogens with zero attached hydrogens (tertiary/aromatic N) is 6. The van der Waals surface area contributed by atoms with Gasteiger partial charge in [-0.25, -0.2) is 18.4 Å². The first kappa shape index (κ1) is 19.5. The Morgan fingerprint density at radius 1 is 1.16 bits per heavy atom. The number of hydrogen-bond acceptors (Lipinski definition) is 6. The zero-order valence-corrected chi connectivity index (χ0v) is 16.3. The van der Waals surface area contributed by atoms with Gasteiger partial charge >= 0.3 is 0 Å². The molecule has 1 aliphatic rings. The summed E-state index contributed by atoms with van der Waals surface area (Å²) in [6.45, 7) is 1.67. The molecule has 31 heavy (non-hydrogen) atoms. The van der Waals surface area contributed by atoms with Crippen molar-refractivity contribution in [1.82, 2.24) is 29.0 Å². The second-order valence-corrected chi connectivity index (χ2v) is 7.18. The Morgan fingerprint density at radius 3 is 2.87 bits per heavy atom. The molecule has 0 unspecified atom stereocenters. The normalized spacial score (nSPS) is 15.0. The third-order valence-electron chi connectivity index (χ3n) is 5.27. The lowest BCUT2D eigenvalue weighted by molar-refractivity contribution is 0.0735. The fourth-order valence-corrected chi connectivity index (χ4v) is 3.78. The van der Waals surface area contributed by atoms with Crippen molar-refractivity contribution in [3.8, 4) is 11.4 Å². The molecule has 0 atom stereocenters. The van der Waals surface area contributed by atoms with Crippen LogP contribution in [0.5, 0.6) is 0 Å². The molecule has 1 fully saturated rings. The molecule has 11 heteroatoms. The van der Waals surface area contributed by atoms with Gasteiger partial charge < -0.3 is 14.7 Å². The van der Waals surface area contributed by atoms with Gasteiger partial charge in [0.25, 0.3) is 5.91 Å². The minimum atomic E-state index is -0.801. The first-order valence-electron chi connectivity index (χ1n) is 9.73. The minimum Gasteiger partial charge on any atom is -0.380 e. The molecule has 0 aliphatic carbocycles. The third-order valence-corrected chi connectivity index (χ3v) is 5.27. The van der Waals surface area contributed by atoms with Crippen LogP contribution in [0.15, 0.2) is 30.7 Å². The molecule has 5 rings (SSSR count). The molecule has 0 radical (unpaired) electrons. The van der Waals surface area contributed by atoms with E-state index in [0.29, 0.717) is 48.6 Å². The number of halogens is 2. The highest BCUT2D eigenvalue weighted by molar-refractivity contribution is 5.99. The van der Waals surface area contributed by atoms with Gasteiger partial charge in [0, 0.05) is 43.5 Å². The van der Waals surface area contributed by atoms with Gasteiger partial charge in [-0.05, 0) is 12.5 Å². The highest BCUT2D eigenvalue weighted by atomic mass is 19.1. The quantitative estimate of drug-likeness (QED) is 0.535. The monoisotopic (exact) mass is 428 g/mol. The average Bonchev–Trinajstić information content (AvgIpc) is 3.23. The second kappa shape index (κ2) is 7.67. The Hall–Kier alpha value is -3.44. The molecular weight excluding hydrogens is 410 g/mol. The second-order valence-electron chi connectivity index (χ2n) is 7.18. The summed E-state index contributed by atoms with van der Waals surface area (Å²) in [5.41, 5.74) is 1.29. The zero-order chi connectivity index (χ0) is 21.5. The third kappa shape index (κ3) is 3.31. The predicted molar refractivity (Wildman–Crippen MR) is 105 cm³/mol. The van der Waals surface area contributed by atoms with Crippen molar-refractivity contribution in [3.63, 3.8) is 0 Å². The number of pyridine rings is 2. The van der Waals surface area contributed by atoms with E-state index < -0.39 is 18.4 Å². The van der Waals surface area contributed by atoms with Crippen molar-refractivity contribution in [3.05, 3.63) is 48.1 Å². The summed E-state index contributed by atoms with van der Waals surface area (Å²) < 4.78 is 35.8. The van der Waals surface area contributed by atoms with Crippen LogP contribution in [0, 0.1) is 11.6 Å². The van der Waals surface area contributed by atoms with Crippen LogP contribution in [0.4, 0.5) is 8.78 Å². The van der Waals surface area contributed by atoms with Crippen molar-refractivity contribution in [2.75, 3.05) is 26.3 Å². The number of aliphatic hydroxyl groups excluding tert-OH is 1. The van der Waals surface area contributed by atoms with Crippen LogP contribution in [-0.4, -0.2) is 66.4 Å². The molecule has 1 aliphatic heterocycles. The maximum absolute atomic E-state index is 14.1. The van der Waals surface area contributed by atoms with Crippen LogP contribution in [0.2, 0.25) is 0 Å². The van der Waals surface area contributed by atoms with E-state index in [1.165, 1.54) is 21.5 Å². The van der Waals surface area contributed by atoms with E-state index in [-0.39, 0.29) is 17.2 Å². The van der Waals surface area contributed by atoms with Gasteiger partial charge in [0.1, 0.15) is 23.9 Å². The highest BCUT2D eigenvalue weighted by Gasteiger charge is 2.22. The lowest BCUT2D eigenvalue weighted by atomic mass is 10.2. The number of aromatic nitrogens is 5. The minimum absolute atomic E-state index is 0.0498. The summed E-state index contributed by atoms with van der Waals surface area (Å²) in [6.07, 6.45) is 4.70. The largest absolute Gasteiger partial charge is 0.380 e. The molecule has 160 valence electrons. The van der Waals surface area contributed by atoms with E-state index in [4.69, 9.17) is 4.74 Å². The summed E-state index contributed by atoms with van der Waals surface area (Å²) in [7, 11) is 0. The number of carbonyl (C=O) groups is 1. The molecule has 1 amide bonds. The zero-order valence-electron chi connectivity index (χ0n) is 16.3. The Morgan fingerprint density at radius 2 is 2.03 bits per heavy atom. The molecule has 0 bridgehead atoms. The number of amides is 1. The van der Waals surface area contributed by atoms with Gasteiger partial charge in [-0.3, -0.25) is 14.2 Å². The Bertz CT molecular complexity index is 1290. The van der Waals surface area contributed by atoms with Crippen molar-refractivity contribution in [1.29, 1.82) is 0 Å². The van der Waals surface area contributed by atoms with E-state index in [0.717, 1.165) is 18.7 Å². The van der Waals surface area contributed by atoms with Gasteiger partial charge in [-0.1, -0.05) is 0 Å². The lowest BCUT2D eigenvalue weighted by Crippen LogP contribution is -2.33. The van der Waals surface area contributed by atoms with Gasteiger partial charge in [-0.2, -0.15) is 5.10 Å². The number of fused-ring (bicyclic) bond motifs is 2. The first-order valence-corrected chi connectivity index (χ1v) is 9.73. The number of aliphatic hydroxyl groups is 1. The molecule has 0 spiro atoms. The van der Waals surface area contributed by atoms with Crippen LogP contribution in [0.3, 0.4) is 0 Å². The molecule has 0 saturated carbocycles. The van der Waals surface area contributed by atoms with Gasteiger partial charge in [0.15, 0.2) is 11.5 Å². The molecule has 4 aromatic heterocycles. The van der Waals surface area contributed by atoms with Crippen LogP contribution in [-0.2, 0) is 11.5 Å². The molecule has 9 nitrogen and oxygen atoms in total. The smallest absolute Gasteiger partial charge is 0.272 e. The average molecular weight is 428 g/mol. The summed E-state index contributed by atoms with van der Waals surface area (Å²) in [5, 5.41) is 14.7. The fraction of sp³-hybridized carbons (Fsp3) is 0.300. The van der Waals surface area contributed by atoms with Gasteiger partial charge in [-0.15, -0.1) is 0 Å². The summed E-state index contributed by atoms with van der Waals surface area (Å²) in [4.78, 5) is 22.9. The molecule has 0 aromatic carbocycles. The maximum atomic E-state index is 14.1. The van der Waals surface area contributed by atoms with Crippen LogP contribution in [0.1, 0.15) is 16.9 Å². The molecule has 1 N–H and O–H groups in total. The molecule has 5 heterocycles. The Labute approximate surface area is 174 Å². The van der Waals surface area contributed by atoms with Crippen molar-refractivity contribution < 1.29 is 23.4 Å². The summed E-state index contributed by atoms with van der Waals surface area (Å²) in [6, 6.07) is 2.31. The van der Waals surface area contributed by atoms with Crippen molar-refractivity contribution in [2.45, 2.75) is 13.2 Å². The first-order chi connectivity index (χ1) is 15.1. The number of ether oxygens (including phenoxy) is 1. The van der Waals surface area contributed by atoms with Gasteiger partial charge in [0.05, 0.1) is 24.0 Å². The predicted octanol–water partition coefficient (Wildman–Crippen LogP) is 1.84. The van der Waals surface area contributed by atoms with E-state index in [2.05, 4.69) is 15.1 Å². The Balaban J connectivity index is 1.61. The number of imidazole rings is 1. The van der Waals surface area contributed by atoms with E-state index in [1.54, 1.807) is 11.0 Å². The lowest BCUT2D eigenvalue weighted by Gasteiger charge is -2.19. The van der Waals surface area contributed by atoms with E-state index >= 15 is 0 Å². The van der Waals surface area contributed by atoms with Crippen molar-refractivity contribution in [2.24, 2.45) is 0 Å². The molecular formula is C20H18F2N6O3. The number of hydrogen-bond donors (Lipinski definition) is 1. The van der Waals surface area contributed by atoms with Gasteiger partial charge in [0.2, 0.25) is 0 Å². The van der Waals surface area contributed by atoms with Crippen LogP contribution >= 0.6 is 0 Å².